The Morgan fingerprint density at radius 3 is 2.63 bits per heavy atom. The molecule has 1 saturated heterocycles. The van der Waals surface area contributed by atoms with Crippen LogP contribution in [0.25, 0.3) is 0 Å². The summed E-state index contributed by atoms with van der Waals surface area (Å²) in [6.07, 6.45) is -0.677. The standard InChI is InChI=1S/C14H18FNO3/c1-2-18-14(17)11-3-5-13(6-4-11)19-8-7-16-9-12(15)10-16/h3-6,12H,2,7-10H2,1H3. The van der Waals surface area contributed by atoms with E-state index in [9.17, 15) is 9.18 Å². The van der Waals surface area contributed by atoms with Crippen molar-refractivity contribution in [3.63, 3.8) is 0 Å². The molecule has 0 aromatic heterocycles. The van der Waals surface area contributed by atoms with Crippen molar-refractivity contribution in [1.29, 1.82) is 0 Å². The van der Waals surface area contributed by atoms with Crippen molar-refractivity contribution in [2.24, 2.45) is 0 Å². The normalized spacial score (nSPS) is 15.9. The molecule has 1 aliphatic rings. The maximum atomic E-state index is 12.6. The summed E-state index contributed by atoms with van der Waals surface area (Å²) in [5.41, 5.74) is 0.511. The predicted molar refractivity (Wildman–Crippen MR) is 69.2 cm³/mol. The van der Waals surface area contributed by atoms with E-state index in [0.29, 0.717) is 37.6 Å². The third kappa shape index (κ3) is 3.92. The van der Waals surface area contributed by atoms with E-state index in [2.05, 4.69) is 0 Å². The molecule has 1 aromatic rings. The average molecular weight is 267 g/mol. The van der Waals surface area contributed by atoms with Gasteiger partial charge in [-0.1, -0.05) is 0 Å². The van der Waals surface area contributed by atoms with Gasteiger partial charge in [-0.25, -0.2) is 9.18 Å². The van der Waals surface area contributed by atoms with Crippen molar-refractivity contribution in [3.8, 4) is 5.75 Å². The van der Waals surface area contributed by atoms with Crippen LogP contribution in [0.1, 0.15) is 17.3 Å². The molecule has 104 valence electrons. The topological polar surface area (TPSA) is 38.8 Å². The van der Waals surface area contributed by atoms with Gasteiger partial charge in [0.2, 0.25) is 0 Å². The van der Waals surface area contributed by atoms with E-state index in [1.807, 2.05) is 4.90 Å². The van der Waals surface area contributed by atoms with Crippen LogP contribution in [0.4, 0.5) is 4.39 Å². The molecule has 0 spiro atoms. The highest BCUT2D eigenvalue weighted by Crippen LogP contribution is 2.14. The van der Waals surface area contributed by atoms with Gasteiger partial charge in [-0.05, 0) is 31.2 Å². The molecule has 0 saturated carbocycles. The van der Waals surface area contributed by atoms with Gasteiger partial charge >= 0.3 is 5.97 Å². The van der Waals surface area contributed by atoms with Gasteiger partial charge in [0.05, 0.1) is 12.2 Å². The molecule has 0 atom stereocenters. The van der Waals surface area contributed by atoms with Crippen LogP contribution in [0, 0.1) is 0 Å². The molecule has 0 N–H and O–H groups in total. The lowest BCUT2D eigenvalue weighted by Gasteiger charge is -2.33. The maximum Gasteiger partial charge on any atom is 0.338 e. The van der Waals surface area contributed by atoms with Crippen LogP contribution in [0.5, 0.6) is 5.75 Å². The van der Waals surface area contributed by atoms with Crippen molar-refractivity contribution in [1.82, 2.24) is 4.90 Å². The molecule has 1 heterocycles. The van der Waals surface area contributed by atoms with E-state index in [0.717, 1.165) is 6.54 Å². The van der Waals surface area contributed by atoms with Crippen LogP contribution >= 0.6 is 0 Å². The molecule has 0 bridgehead atoms. The number of ether oxygens (including phenoxy) is 2. The van der Waals surface area contributed by atoms with Gasteiger partial charge in [-0.2, -0.15) is 0 Å². The fourth-order valence-electron chi connectivity index (χ4n) is 1.88. The first-order valence-electron chi connectivity index (χ1n) is 6.45. The minimum absolute atomic E-state index is 0.330. The number of benzene rings is 1. The fraction of sp³-hybridized carbons (Fsp3) is 0.500. The monoisotopic (exact) mass is 267 g/mol. The van der Waals surface area contributed by atoms with Crippen LogP contribution in [0.3, 0.4) is 0 Å². The second kappa shape index (κ2) is 6.52. The van der Waals surface area contributed by atoms with Crippen molar-refractivity contribution in [3.05, 3.63) is 29.8 Å². The van der Waals surface area contributed by atoms with Gasteiger partial charge < -0.3 is 9.47 Å². The first-order valence-corrected chi connectivity index (χ1v) is 6.45. The molecule has 1 fully saturated rings. The van der Waals surface area contributed by atoms with E-state index < -0.39 is 6.17 Å². The van der Waals surface area contributed by atoms with Gasteiger partial charge in [0.25, 0.3) is 0 Å². The van der Waals surface area contributed by atoms with Crippen molar-refractivity contribution < 1.29 is 18.7 Å². The molecule has 0 radical (unpaired) electrons. The first kappa shape index (κ1) is 13.8. The van der Waals surface area contributed by atoms with E-state index in [4.69, 9.17) is 9.47 Å². The van der Waals surface area contributed by atoms with E-state index in [1.54, 1.807) is 31.2 Å². The van der Waals surface area contributed by atoms with Crippen LogP contribution in [-0.4, -0.2) is 49.9 Å². The quantitative estimate of drug-likeness (QED) is 0.738. The van der Waals surface area contributed by atoms with Gasteiger partial charge in [-0.3, -0.25) is 4.90 Å². The summed E-state index contributed by atoms with van der Waals surface area (Å²) in [4.78, 5) is 13.4. The molecule has 2 rings (SSSR count). The number of carbonyl (C=O) groups is 1. The molecule has 4 nitrogen and oxygen atoms in total. The summed E-state index contributed by atoms with van der Waals surface area (Å²) < 4.78 is 23.0. The molecule has 0 amide bonds. The minimum atomic E-state index is -0.677. The molecule has 5 heteroatoms. The summed E-state index contributed by atoms with van der Waals surface area (Å²) >= 11 is 0. The maximum absolute atomic E-state index is 12.6. The summed E-state index contributed by atoms with van der Waals surface area (Å²) in [6.45, 7) is 4.39. The van der Waals surface area contributed by atoms with Crippen LogP contribution < -0.4 is 4.74 Å². The Morgan fingerprint density at radius 1 is 1.37 bits per heavy atom. The smallest absolute Gasteiger partial charge is 0.338 e. The van der Waals surface area contributed by atoms with E-state index >= 15 is 0 Å². The Hall–Kier alpha value is -1.62. The molecule has 1 aromatic carbocycles. The third-order valence-corrected chi connectivity index (χ3v) is 2.95. The Labute approximate surface area is 112 Å². The summed E-state index contributed by atoms with van der Waals surface area (Å²) in [6, 6.07) is 6.82. The summed E-state index contributed by atoms with van der Waals surface area (Å²) in [5.74, 6) is 0.369. The Bertz CT molecular complexity index is 415. The molecule has 0 aliphatic carbocycles. The number of nitrogens with zero attached hydrogens (tertiary/aromatic N) is 1. The number of halogens is 1. The van der Waals surface area contributed by atoms with Crippen molar-refractivity contribution in [2.45, 2.75) is 13.1 Å². The number of alkyl halides is 1. The number of hydrogen-bond donors (Lipinski definition) is 0. The highest BCUT2D eigenvalue weighted by molar-refractivity contribution is 5.89. The first-order chi connectivity index (χ1) is 9.19. The van der Waals surface area contributed by atoms with Crippen LogP contribution in [0.15, 0.2) is 24.3 Å². The van der Waals surface area contributed by atoms with Crippen molar-refractivity contribution in [2.75, 3.05) is 32.8 Å². The van der Waals surface area contributed by atoms with E-state index in [-0.39, 0.29) is 5.97 Å². The molecule has 0 unspecified atom stereocenters. The SMILES string of the molecule is CCOC(=O)c1ccc(OCCN2CC(F)C2)cc1. The average Bonchev–Trinajstić information content (AvgIpc) is 2.37. The second-order valence-electron chi connectivity index (χ2n) is 4.45. The van der Waals surface area contributed by atoms with Crippen LogP contribution in [-0.2, 0) is 4.74 Å². The lowest BCUT2D eigenvalue weighted by Crippen LogP contribution is -2.49. The lowest BCUT2D eigenvalue weighted by molar-refractivity contribution is 0.0526. The molecular formula is C14H18FNO3. The number of hydrogen-bond acceptors (Lipinski definition) is 4. The number of carbonyl (C=O) groups excluding carboxylic acids is 1. The zero-order chi connectivity index (χ0) is 13.7. The Morgan fingerprint density at radius 2 is 2.05 bits per heavy atom. The van der Waals surface area contributed by atoms with Gasteiger partial charge in [0.1, 0.15) is 18.5 Å². The van der Waals surface area contributed by atoms with Gasteiger partial charge in [-0.15, -0.1) is 0 Å². The summed E-state index contributed by atoms with van der Waals surface area (Å²) in [5, 5.41) is 0. The largest absolute Gasteiger partial charge is 0.492 e. The van der Waals surface area contributed by atoms with Gasteiger partial charge in [0.15, 0.2) is 0 Å². The molecule has 1 aliphatic heterocycles. The zero-order valence-electron chi connectivity index (χ0n) is 11.0. The fourth-order valence-corrected chi connectivity index (χ4v) is 1.88. The number of esters is 1. The third-order valence-electron chi connectivity index (χ3n) is 2.95. The molecular weight excluding hydrogens is 249 g/mol. The molecule has 19 heavy (non-hydrogen) atoms. The highest BCUT2D eigenvalue weighted by atomic mass is 19.1. The second-order valence-corrected chi connectivity index (χ2v) is 4.45. The minimum Gasteiger partial charge on any atom is -0.492 e. The van der Waals surface area contributed by atoms with Crippen LogP contribution in [0.2, 0.25) is 0 Å². The van der Waals surface area contributed by atoms with Gasteiger partial charge in [0, 0.05) is 19.6 Å². The number of rotatable bonds is 6. The zero-order valence-corrected chi connectivity index (χ0v) is 11.0. The lowest BCUT2D eigenvalue weighted by atomic mass is 10.2. The van der Waals surface area contributed by atoms with Crippen molar-refractivity contribution >= 4 is 5.97 Å². The Kier molecular flexibility index (Phi) is 4.74. The summed E-state index contributed by atoms with van der Waals surface area (Å²) in [7, 11) is 0. The Balaban J connectivity index is 1.74. The highest BCUT2D eigenvalue weighted by Gasteiger charge is 2.25. The van der Waals surface area contributed by atoms with E-state index in [1.165, 1.54) is 0 Å². The number of likely N-dealkylation sites (tertiary alicyclic amines) is 1. The predicted octanol–water partition coefficient (Wildman–Crippen LogP) is 1.90.